The van der Waals surface area contributed by atoms with Crippen molar-refractivity contribution in [2.45, 2.75) is 32.7 Å². The zero-order valence-electron chi connectivity index (χ0n) is 11.7. The van der Waals surface area contributed by atoms with E-state index in [2.05, 4.69) is 14.6 Å². The smallest absolute Gasteiger partial charge is 0.299 e. The molecule has 112 valence electrons. The number of nitrogens with zero attached hydrogens (tertiary/aromatic N) is 1. The number of oxime groups is 1. The predicted octanol–water partition coefficient (Wildman–Crippen LogP) is 1.02. The van der Waals surface area contributed by atoms with Crippen LogP contribution in [0.2, 0.25) is 0 Å². The highest BCUT2D eigenvalue weighted by Crippen LogP contribution is 2.12. The van der Waals surface area contributed by atoms with Crippen LogP contribution < -0.4 is 15.2 Å². The lowest BCUT2D eigenvalue weighted by molar-refractivity contribution is 0.317. The molecule has 0 atom stereocenters. The Hall–Kier alpha value is -1.80. The fourth-order valence-corrected chi connectivity index (χ4v) is 2.82. The van der Waals surface area contributed by atoms with Crippen LogP contribution in [0.5, 0.6) is 0 Å². The minimum absolute atomic E-state index is 0.0905. The second-order valence-electron chi connectivity index (χ2n) is 5.42. The molecule has 7 nitrogen and oxygen atoms in total. The molecule has 1 rings (SSSR count). The third-order valence-corrected chi connectivity index (χ3v) is 3.55. The molecule has 5 N–H and O–H groups in total. The third kappa shape index (κ3) is 5.89. The van der Waals surface area contributed by atoms with E-state index in [0.717, 1.165) is 5.56 Å². The minimum atomic E-state index is -3.62. The van der Waals surface area contributed by atoms with Crippen molar-refractivity contribution in [3.63, 3.8) is 0 Å². The summed E-state index contributed by atoms with van der Waals surface area (Å²) < 4.78 is 28.6. The lowest BCUT2D eigenvalue weighted by Gasteiger charge is -2.20. The Morgan fingerprint density at radius 3 is 2.30 bits per heavy atom. The van der Waals surface area contributed by atoms with Gasteiger partial charge in [0.25, 0.3) is 10.2 Å². The molecule has 0 aliphatic heterocycles. The summed E-state index contributed by atoms with van der Waals surface area (Å²) in [6, 6.07) is 6.63. The zero-order chi connectivity index (χ0) is 15.4. The van der Waals surface area contributed by atoms with Gasteiger partial charge < -0.3 is 10.9 Å². The first-order valence-electron chi connectivity index (χ1n) is 5.98. The lowest BCUT2D eigenvalue weighted by Crippen LogP contribution is -2.43. The molecule has 1 aromatic rings. The summed E-state index contributed by atoms with van der Waals surface area (Å²) in [4.78, 5) is 0. The van der Waals surface area contributed by atoms with E-state index in [1.165, 1.54) is 0 Å². The third-order valence-electron chi connectivity index (χ3n) is 2.16. The molecule has 8 heteroatoms. The van der Waals surface area contributed by atoms with Crippen LogP contribution in [-0.2, 0) is 16.6 Å². The van der Waals surface area contributed by atoms with Crippen molar-refractivity contribution in [3.8, 4) is 0 Å². The molecule has 0 aromatic heterocycles. The van der Waals surface area contributed by atoms with E-state index in [1.54, 1.807) is 45.0 Å². The predicted molar refractivity (Wildman–Crippen MR) is 79.0 cm³/mol. The first kappa shape index (κ1) is 16.3. The summed E-state index contributed by atoms with van der Waals surface area (Å²) in [6.45, 7) is 5.27. The van der Waals surface area contributed by atoms with Crippen LogP contribution in [0.1, 0.15) is 26.3 Å². The Kier molecular flexibility index (Phi) is 4.96. The molecule has 0 aliphatic rings. The molecule has 0 saturated heterocycles. The molecule has 0 heterocycles. The van der Waals surface area contributed by atoms with Crippen LogP contribution >= 0.6 is 0 Å². The van der Waals surface area contributed by atoms with Gasteiger partial charge in [0.2, 0.25) is 0 Å². The fourth-order valence-electron chi connectivity index (χ4n) is 1.52. The largest absolute Gasteiger partial charge is 0.409 e. The monoisotopic (exact) mass is 300 g/mol. The van der Waals surface area contributed by atoms with Gasteiger partial charge in [-0.15, -0.1) is 0 Å². The average molecular weight is 300 g/mol. The number of amidine groups is 1. The van der Waals surface area contributed by atoms with Crippen molar-refractivity contribution in [2.75, 3.05) is 4.72 Å². The molecular weight excluding hydrogens is 280 g/mol. The van der Waals surface area contributed by atoms with Crippen LogP contribution in [0, 0.1) is 0 Å². The van der Waals surface area contributed by atoms with E-state index in [0.29, 0.717) is 12.1 Å². The van der Waals surface area contributed by atoms with Crippen LogP contribution in [-0.4, -0.2) is 25.0 Å². The molecule has 0 spiro atoms. The molecule has 0 radical (unpaired) electrons. The van der Waals surface area contributed by atoms with Gasteiger partial charge in [-0.05, 0) is 38.5 Å². The zero-order valence-corrected chi connectivity index (χ0v) is 12.5. The van der Waals surface area contributed by atoms with E-state index in [4.69, 9.17) is 10.9 Å². The highest BCUT2D eigenvalue weighted by molar-refractivity contribution is 7.90. The van der Waals surface area contributed by atoms with Crippen molar-refractivity contribution < 1.29 is 13.6 Å². The quantitative estimate of drug-likeness (QED) is 0.281. The Balaban J connectivity index is 2.75. The number of nitrogens with two attached hydrogens (primary N) is 1. The molecule has 0 fully saturated rings. The number of rotatable bonds is 5. The maximum atomic E-state index is 11.8. The topological polar surface area (TPSA) is 117 Å². The number of hydrogen-bond donors (Lipinski definition) is 4. The molecule has 0 aliphatic carbocycles. The number of anilines is 1. The number of benzene rings is 1. The second kappa shape index (κ2) is 6.10. The summed E-state index contributed by atoms with van der Waals surface area (Å²) in [6.07, 6.45) is 0.295. The second-order valence-corrected chi connectivity index (χ2v) is 6.84. The van der Waals surface area contributed by atoms with Gasteiger partial charge >= 0.3 is 0 Å². The Morgan fingerprint density at radius 2 is 1.85 bits per heavy atom. The fraction of sp³-hybridized carbons (Fsp3) is 0.417. The van der Waals surface area contributed by atoms with E-state index in [9.17, 15) is 8.42 Å². The van der Waals surface area contributed by atoms with Gasteiger partial charge in [-0.3, -0.25) is 4.72 Å². The summed E-state index contributed by atoms with van der Waals surface area (Å²) in [5.74, 6) is 0.0905. The van der Waals surface area contributed by atoms with Crippen molar-refractivity contribution in [3.05, 3.63) is 29.8 Å². The van der Waals surface area contributed by atoms with Gasteiger partial charge in [0.1, 0.15) is 5.84 Å². The summed E-state index contributed by atoms with van der Waals surface area (Å²) in [5.41, 5.74) is 6.08. The molecule has 1 aromatic carbocycles. The maximum absolute atomic E-state index is 11.8. The van der Waals surface area contributed by atoms with E-state index < -0.39 is 15.7 Å². The maximum Gasteiger partial charge on any atom is 0.299 e. The van der Waals surface area contributed by atoms with E-state index in [1.807, 2.05) is 0 Å². The first-order chi connectivity index (χ1) is 9.11. The van der Waals surface area contributed by atoms with Crippen LogP contribution in [0.15, 0.2) is 29.4 Å². The molecule has 0 amide bonds. The van der Waals surface area contributed by atoms with Crippen LogP contribution in [0.3, 0.4) is 0 Å². The number of hydrogen-bond acceptors (Lipinski definition) is 4. The van der Waals surface area contributed by atoms with Crippen molar-refractivity contribution >= 4 is 21.7 Å². The Bertz CT molecular complexity index is 574. The summed E-state index contributed by atoms with van der Waals surface area (Å²) >= 11 is 0. The molecule has 0 unspecified atom stereocenters. The van der Waals surface area contributed by atoms with Gasteiger partial charge in [0.05, 0.1) is 0 Å². The van der Waals surface area contributed by atoms with Crippen LogP contribution in [0.4, 0.5) is 5.69 Å². The highest BCUT2D eigenvalue weighted by Gasteiger charge is 2.19. The Labute approximate surface area is 119 Å². The van der Waals surface area contributed by atoms with Gasteiger partial charge in [0, 0.05) is 17.6 Å². The minimum Gasteiger partial charge on any atom is -0.409 e. The van der Waals surface area contributed by atoms with Gasteiger partial charge in [-0.2, -0.15) is 13.1 Å². The summed E-state index contributed by atoms with van der Waals surface area (Å²) in [7, 11) is -3.62. The number of nitrogens with one attached hydrogen (secondary N) is 2. The summed E-state index contributed by atoms with van der Waals surface area (Å²) in [5, 5.41) is 11.4. The molecular formula is C12H20N4O3S. The Morgan fingerprint density at radius 1 is 1.30 bits per heavy atom. The SMILES string of the molecule is CC(C)(C)NS(=O)(=O)Nc1ccc(C/C(N)=N/O)cc1. The van der Waals surface area contributed by atoms with Gasteiger partial charge in [0.15, 0.2) is 0 Å². The van der Waals surface area contributed by atoms with Crippen molar-refractivity contribution in [1.82, 2.24) is 4.72 Å². The average Bonchev–Trinajstić information content (AvgIpc) is 2.28. The van der Waals surface area contributed by atoms with E-state index >= 15 is 0 Å². The normalized spacial score (nSPS) is 13.2. The van der Waals surface area contributed by atoms with E-state index in [-0.39, 0.29) is 5.84 Å². The highest BCUT2D eigenvalue weighted by atomic mass is 32.2. The van der Waals surface area contributed by atoms with Crippen molar-refractivity contribution in [1.29, 1.82) is 0 Å². The molecule has 20 heavy (non-hydrogen) atoms. The van der Waals surface area contributed by atoms with Crippen LogP contribution in [0.25, 0.3) is 0 Å². The van der Waals surface area contributed by atoms with Crippen molar-refractivity contribution in [2.24, 2.45) is 10.9 Å². The first-order valence-corrected chi connectivity index (χ1v) is 7.47. The molecule has 0 bridgehead atoms. The van der Waals surface area contributed by atoms with Gasteiger partial charge in [-0.25, -0.2) is 0 Å². The molecule has 0 saturated carbocycles. The standard InChI is InChI=1S/C12H20N4O3S/c1-12(2,3)16-20(18,19)15-10-6-4-9(5-7-10)8-11(13)14-17/h4-7,15-17H,8H2,1-3H3,(H2,13,14). The lowest BCUT2D eigenvalue weighted by atomic mass is 10.1. The van der Waals surface area contributed by atoms with Gasteiger partial charge in [-0.1, -0.05) is 17.3 Å².